The molecule has 1 saturated carbocycles. The van der Waals surface area contributed by atoms with Crippen molar-refractivity contribution in [1.29, 1.82) is 0 Å². The van der Waals surface area contributed by atoms with Crippen molar-refractivity contribution in [3.05, 3.63) is 129 Å². The van der Waals surface area contributed by atoms with Crippen molar-refractivity contribution in [2.24, 2.45) is 0 Å². The second-order valence-electron chi connectivity index (χ2n) is 11.5. The molecule has 0 atom stereocenters. The van der Waals surface area contributed by atoms with Crippen molar-refractivity contribution in [2.45, 2.75) is 43.6 Å². The molecule has 7 rings (SSSR count). The molecular weight excluding hydrogens is 565 g/mol. The molecule has 0 bridgehead atoms. The average molecular weight is 597 g/mol. The number of benzene rings is 4. The summed E-state index contributed by atoms with van der Waals surface area (Å²) in [5.74, 6) is -0.495. The molecule has 1 aliphatic heterocycles. The summed E-state index contributed by atoms with van der Waals surface area (Å²) in [4.78, 5) is 13.6. The molecule has 1 saturated heterocycles. The molecule has 0 spiro atoms. The SMILES string of the molecule is O=C(O)c1ccc(N2CCC(c3nn(C4CC4)c4ccc(C(c5ccc(Cl)cc5)c5ccc(Cl)cc5)cc34)CC2)cc1. The molecule has 0 radical (unpaired) electrons. The first-order chi connectivity index (χ1) is 20.4. The quantitative estimate of drug-likeness (QED) is 0.191. The Morgan fingerprint density at radius 1 is 0.762 bits per heavy atom. The van der Waals surface area contributed by atoms with Gasteiger partial charge in [-0.25, -0.2) is 4.79 Å². The molecule has 1 aliphatic carbocycles. The van der Waals surface area contributed by atoms with Crippen LogP contribution in [0.4, 0.5) is 5.69 Å². The van der Waals surface area contributed by atoms with E-state index in [0.717, 1.165) is 41.7 Å². The lowest BCUT2D eigenvalue weighted by Crippen LogP contribution is -2.33. The molecule has 42 heavy (non-hydrogen) atoms. The number of hydrogen-bond acceptors (Lipinski definition) is 3. The van der Waals surface area contributed by atoms with Gasteiger partial charge in [-0.1, -0.05) is 53.5 Å². The van der Waals surface area contributed by atoms with E-state index in [-0.39, 0.29) is 5.92 Å². The largest absolute Gasteiger partial charge is 0.478 e. The van der Waals surface area contributed by atoms with Crippen molar-refractivity contribution < 1.29 is 9.90 Å². The summed E-state index contributed by atoms with van der Waals surface area (Å²) >= 11 is 12.5. The molecule has 5 aromatic rings. The number of piperidine rings is 1. The standard InChI is InChI=1S/C35H31Cl2N3O2/c36-27-8-1-22(2-9-27)33(23-3-10-28(37)11-4-23)26-7-16-32-31(21-26)34(38-40(32)30-14-15-30)24-17-19-39(20-18-24)29-12-5-25(6-13-29)35(41)42/h1-13,16,21,24,30,33H,14-15,17-20H2,(H,41,42). The third-order valence-electron chi connectivity index (χ3n) is 8.75. The first-order valence-corrected chi connectivity index (χ1v) is 15.3. The maximum absolute atomic E-state index is 11.3. The lowest BCUT2D eigenvalue weighted by Gasteiger charge is -2.33. The molecule has 2 heterocycles. The summed E-state index contributed by atoms with van der Waals surface area (Å²) in [5.41, 5.74) is 7.39. The van der Waals surface area contributed by atoms with Crippen molar-refractivity contribution in [3.8, 4) is 0 Å². The minimum Gasteiger partial charge on any atom is -0.478 e. The Kier molecular flexibility index (Phi) is 7.17. The molecule has 212 valence electrons. The monoisotopic (exact) mass is 595 g/mol. The topological polar surface area (TPSA) is 58.4 Å². The molecule has 4 aromatic carbocycles. The van der Waals surface area contributed by atoms with Crippen LogP contribution in [-0.2, 0) is 0 Å². The van der Waals surface area contributed by atoms with Crippen LogP contribution in [0.2, 0.25) is 10.0 Å². The Morgan fingerprint density at radius 3 is 1.88 bits per heavy atom. The number of carboxylic acid groups (broad SMARTS) is 1. The number of fused-ring (bicyclic) bond motifs is 1. The maximum atomic E-state index is 11.3. The van der Waals surface area contributed by atoms with Crippen LogP contribution in [0.3, 0.4) is 0 Å². The van der Waals surface area contributed by atoms with E-state index in [0.29, 0.717) is 17.5 Å². The van der Waals surface area contributed by atoms with Crippen LogP contribution in [0.1, 0.15) is 76.3 Å². The number of aromatic nitrogens is 2. The van der Waals surface area contributed by atoms with E-state index in [1.165, 1.54) is 46.1 Å². The van der Waals surface area contributed by atoms with Gasteiger partial charge in [0.1, 0.15) is 0 Å². The second kappa shape index (κ2) is 11.1. The predicted octanol–water partition coefficient (Wildman–Crippen LogP) is 8.94. The number of anilines is 1. The zero-order valence-corrected chi connectivity index (χ0v) is 24.6. The van der Waals surface area contributed by atoms with E-state index in [1.807, 2.05) is 36.4 Å². The van der Waals surface area contributed by atoms with E-state index in [9.17, 15) is 9.90 Å². The molecule has 5 nitrogen and oxygen atoms in total. The summed E-state index contributed by atoms with van der Waals surface area (Å²) in [5, 5.41) is 17.2. The van der Waals surface area contributed by atoms with Crippen LogP contribution >= 0.6 is 23.2 Å². The Labute approximate surface area is 255 Å². The van der Waals surface area contributed by atoms with E-state index in [1.54, 1.807) is 12.1 Å². The number of carbonyl (C=O) groups is 1. The van der Waals surface area contributed by atoms with Gasteiger partial charge in [0.25, 0.3) is 0 Å². The van der Waals surface area contributed by atoms with Crippen LogP contribution in [0.25, 0.3) is 10.9 Å². The molecule has 1 aromatic heterocycles. The summed E-state index contributed by atoms with van der Waals surface area (Å²) < 4.78 is 2.27. The first kappa shape index (κ1) is 27.1. The summed E-state index contributed by atoms with van der Waals surface area (Å²) in [6.45, 7) is 1.82. The predicted molar refractivity (Wildman–Crippen MR) is 169 cm³/mol. The Morgan fingerprint density at radius 2 is 1.33 bits per heavy atom. The van der Waals surface area contributed by atoms with Gasteiger partial charge >= 0.3 is 5.97 Å². The zero-order chi connectivity index (χ0) is 28.8. The summed E-state index contributed by atoms with van der Waals surface area (Å²) in [7, 11) is 0. The van der Waals surface area contributed by atoms with E-state index < -0.39 is 5.97 Å². The first-order valence-electron chi connectivity index (χ1n) is 14.6. The van der Waals surface area contributed by atoms with Crippen LogP contribution in [0, 0.1) is 0 Å². The number of carboxylic acids is 1. The number of aromatic carboxylic acids is 1. The van der Waals surface area contributed by atoms with Gasteiger partial charge in [0.15, 0.2) is 0 Å². The second-order valence-corrected chi connectivity index (χ2v) is 12.4. The molecule has 2 aliphatic rings. The molecular formula is C35H31Cl2N3O2. The van der Waals surface area contributed by atoms with E-state index >= 15 is 0 Å². The number of nitrogens with zero attached hydrogens (tertiary/aromatic N) is 3. The van der Waals surface area contributed by atoms with Crippen molar-refractivity contribution >= 4 is 45.8 Å². The van der Waals surface area contributed by atoms with Gasteiger partial charge < -0.3 is 10.0 Å². The minimum atomic E-state index is -0.896. The van der Waals surface area contributed by atoms with Crippen LogP contribution in [0.15, 0.2) is 91.0 Å². The van der Waals surface area contributed by atoms with Gasteiger partial charge in [-0.2, -0.15) is 5.10 Å². The molecule has 2 fully saturated rings. The smallest absolute Gasteiger partial charge is 0.335 e. The Balaban J connectivity index is 1.23. The van der Waals surface area contributed by atoms with Gasteiger partial charge in [-0.15, -0.1) is 0 Å². The van der Waals surface area contributed by atoms with Crippen molar-refractivity contribution in [1.82, 2.24) is 9.78 Å². The lowest BCUT2D eigenvalue weighted by atomic mass is 9.84. The van der Waals surface area contributed by atoms with Crippen LogP contribution < -0.4 is 4.90 Å². The molecule has 7 heteroatoms. The minimum absolute atomic E-state index is 0.0386. The van der Waals surface area contributed by atoms with Gasteiger partial charge in [-0.05, 0) is 103 Å². The Bertz CT molecular complexity index is 1690. The van der Waals surface area contributed by atoms with E-state index in [2.05, 4.69) is 52.0 Å². The fourth-order valence-corrected chi connectivity index (χ4v) is 6.63. The summed E-state index contributed by atoms with van der Waals surface area (Å²) in [6, 6.07) is 30.8. The van der Waals surface area contributed by atoms with Crippen molar-refractivity contribution in [3.63, 3.8) is 0 Å². The molecule has 0 amide bonds. The highest BCUT2D eigenvalue weighted by molar-refractivity contribution is 6.30. The third kappa shape index (κ3) is 5.28. The Hall–Kier alpha value is -3.80. The average Bonchev–Trinajstić information content (AvgIpc) is 3.79. The van der Waals surface area contributed by atoms with Crippen LogP contribution in [-0.4, -0.2) is 33.9 Å². The van der Waals surface area contributed by atoms with Gasteiger partial charge in [0.2, 0.25) is 0 Å². The van der Waals surface area contributed by atoms with Gasteiger partial charge in [0, 0.05) is 46.0 Å². The van der Waals surface area contributed by atoms with E-state index in [4.69, 9.17) is 28.3 Å². The fourth-order valence-electron chi connectivity index (χ4n) is 6.37. The maximum Gasteiger partial charge on any atom is 0.335 e. The van der Waals surface area contributed by atoms with Crippen LogP contribution in [0.5, 0.6) is 0 Å². The number of halogens is 2. The number of hydrogen-bond donors (Lipinski definition) is 1. The molecule has 1 N–H and O–H groups in total. The highest BCUT2D eigenvalue weighted by Gasteiger charge is 2.31. The highest BCUT2D eigenvalue weighted by Crippen LogP contribution is 2.42. The fraction of sp³-hybridized carbons (Fsp3) is 0.257. The normalized spacial score (nSPS) is 15.9. The third-order valence-corrected chi connectivity index (χ3v) is 9.26. The van der Waals surface area contributed by atoms with Gasteiger partial charge in [-0.3, -0.25) is 4.68 Å². The zero-order valence-electron chi connectivity index (χ0n) is 23.1. The highest BCUT2D eigenvalue weighted by atomic mass is 35.5. The molecule has 0 unspecified atom stereocenters. The van der Waals surface area contributed by atoms with Crippen molar-refractivity contribution in [2.75, 3.05) is 18.0 Å². The lowest BCUT2D eigenvalue weighted by molar-refractivity contribution is 0.0697. The summed E-state index contributed by atoms with van der Waals surface area (Å²) in [6.07, 6.45) is 4.36. The number of rotatable bonds is 7. The van der Waals surface area contributed by atoms with Gasteiger partial charge in [0.05, 0.1) is 22.8 Å².